The topological polar surface area (TPSA) is 115 Å². The predicted octanol–water partition coefficient (Wildman–Crippen LogP) is 2.34. The summed E-state index contributed by atoms with van der Waals surface area (Å²) in [5.41, 5.74) is 3.30. The number of amides is 1. The molecule has 2 aromatic rings. The summed E-state index contributed by atoms with van der Waals surface area (Å²) in [7, 11) is 1.27. The number of esters is 2. The summed E-state index contributed by atoms with van der Waals surface area (Å²) in [6, 6.07) is 4.84. The minimum absolute atomic E-state index is 0.0589. The molecule has 3 rings (SSSR count). The van der Waals surface area contributed by atoms with Crippen LogP contribution in [-0.2, 0) is 20.7 Å². The second-order valence-electron chi connectivity index (χ2n) is 6.54. The lowest BCUT2D eigenvalue weighted by atomic mass is 10.0. The fourth-order valence-corrected chi connectivity index (χ4v) is 3.23. The van der Waals surface area contributed by atoms with Crippen LogP contribution in [0, 0.1) is 13.8 Å². The summed E-state index contributed by atoms with van der Waals surface area (Å²) in [5.74, 6) is -1.68. The highest BCUT2D eigenvalue weighted by molar-refractivity contribution is 6.03. The number of carbonyl (C=O) groups is 4. The van der Waals surface area contributed by atoms with E-state index in [1.54, 1.807) is 26.0 Å². The Morgan fingerprint density at radius 2 is 1.86 bits per heavy atom. The molecule has 0 atom stereocenters. The maximum absolute atomic E-state index is 12.4. The van der Waals surface area contributed by atoms with Gasteiger partial charge in [-0.2, -0.15) is 0 Å². The first-order valence-corrected chi connectivity index (χ1v) is 8.72. The predicted molar refractivity (Wildman–Crippen MR) is 99.6 cm³/mol. The lowest BCUT2D eigenvalue weighted by Crippen LogP contribution is -2.20. The zero-order chi connectivity index (χ0) is 20.4. The number of ketones is 1. The van der Waals surface area contributed by atoms with Crippen LogP contribution in [0.15, 0.2) is 18.2 Å². The van der Waals surface area contributed by atoms with Gasteiger partial charge in [0.2, 0.25) is 11.7 Å². The van der Waals surface area contributed by atoms with Crippen molar-refractivity contribution in [1.82, 2.24) is 4.98 Å². The Bertz CT molecular complexity index is 989. The molecule has 0 saturated carbocycles. The monoisotopic (exact) mass is 384 g/mol. The first-order valence-electron chi connectivity index (χ1n) is 8.72. The minimum Gasteiger partial charge on any atom is -0.465 e. The van der Waals surface area contributed by atoms with E-state index in [0.29, 0.717) is 40.9 Å². The molecular formula is C20H20N2O6. The molecular weight excluding hydrogens is 364 g/mol. The van der Waals surface area contributed by atoms with Crippen molar-refractivity contribution in [2.45, 2.75) is 26.7 Å². The van der Waals surface area contributed by atoms with E-state index < -0.39 is 24.3 Å². The Morgan fingerprint density at radius 1 is 1.11 bits per heavy atom. The summed E-state index contributed by atoms with van der Waals surface area (Å²) in [6.45, 7) is 2.82. The van der Waals surface area contributed by atoms with Crippen molar-refractivity contribution < 1.29 is 28.7 Å². The summed E-state index contributed by atoms with van der Waals surface area (Å²) in [4.78, 5) is 50.8. The molecule has 28 heavy (non-hydrogen) atoms. The molecule has 0 aliphatic carbocycles. The number of H-pyrrole nitrogens is 1. The van der Waals surface area contributed by atoms with E-state index in [4.69, 9.17) is 9.47 Å². The zero-order valence-corrected chi connectivity index (χ0v) is 15.8. The molecule has 0 fully saturated rings. The number of carbonyl (C=O) groups excluding carboxylic acids is 4. The molecule has 0 spiro atoms. The van der Waals surface area contributed by atoms with Crippen molar-refractivity contribution in [3.63, 3.8) is 0 Å². The van der Waals surface area contributed by atoms with Crippen molar-refractivity contribution in [2.75, 3.05) is 19.0 Å². The van der Waals surface area contributed by atoms with Gasteiger partial charge in [-0.15, -0.1) is 0 Å². The van der Waals surface area contributed by atoms with Crippen molar-refractivity contribution in [3.05, 3.63) is 51.8 Å². The van der Waals surface area contributed by atoms with Gasteiger partial charge in [0.05, 0.1) is 23.9 Å². The highest BCUT2D eigenvalue weighted by Crippen LogP contribution is 2.24. The van der Waals surface area contributed by atoms with E-state index in [0.717, 1.165) is 5.56 Å². The average Bonchev–Trinajstić information content (AvgIpc) is 2.99. The Kier molecular flexibility index (Phi) is 5.30. The number of aryl methyl sites for hydroxylation is 2. The quantitative estimate of drug-likeness (QED) is 0.604. The fourth-order valence-electron chi connectivity index (χ4n) is 3.23. The third-order valence-corrected chi connectivity index (χ3v) is 4.68. The van der Waals surface area contributed by atoms with Gasteiger partial charge in [0.25, 0.3) is 0 Å². The summed E-state index contributed by atoms with van der Waals surface area (Å²) in [6.07, 6.45) is 0.899. The highest BCUT2D eigenvalue weighted by atomic mass is 16.5. The number of ether oxygens (including phenoxy) is 2. The van der Waals surface area contributed by atoms with Crippen LogP contribution in [0.25, 0.3) is 0 Å². The minimum atomic E-state index is -0.637. The summed E-state index contributed by atoms with van der Waals surface area (Å²) < 4.78 is 9.85. The van der Waals surface area contributed by atoms with Crippen LogP contribution >= 0.6 is 0 Å². The smallest absolute Gasteiger partial charge is 0.339 e. The Morgan fingerprint density at radius 3 is 2.57 bits per heavy atom. The third-order valence-electron chi connectivity index (χ3n) is 4.68. The first-order chi connectivity index (χ1) is 13.3. The molecule has 0 unspecified atom stereocenters. The normalized spacial score (nSPS) is 12.8. The number of fused-ring (bicyclic) bond motifs is 1. The van der Waals surface area contributed by atoms with Crippen LogP contribution in [0.1, 0.15) is 54.4 Å². The zero-order valence-electron chi connectivity index (χ0n) is 15.8. The number of benzene rings is 1. The third kappa shape index (κ3) is 3.66. The van der Waals surface area contributed by atoms with Gasteiger partial charge >= 0.3 is 11.9 Å². The summed E-state index contributed by atoms with van der Waals surface area (Å²) in [5, 5.41) is 2.74. The van der Waals surface area contributed by atoms with Crippen LogP contribution in [-0.4, -0.2) is 42.3 Å². The highest BCUT2D eigenvalue weighted by Gasteiger charge is 2.23. The molecule has 146 valence electrons. The van der Waals surface area contributed by atoms with E-state index in [-0.39, 0.29) is 11.6 Å². The van der Waals surface area contributed by atoms with E-state index in [9.17, 15) is 19.2 Å². The van der Waals surface area contributed by atoms with Crippen molar-refractivity contribution in [1.29, 1.82) is 0 Å². The van der Waals surface area contributed by atoms with Crippen LogP contribution in [0.3, 0.4) is 0 Å². The molecule has 2 N–H and O–H groups in total. The van der Waals surface area contributed by atoms with E-state index in [2.05, 4.69) is 10.3 Å². The number of aromatic nitrogens is 1. The maximum Gasteiger partial charge on any atom is 0.339 e. The molecule has 1 aromatic carbocycles. The van der Waals surface area contributed by atoms with Crippen molar-refractivity contribution >= 4 is 29.3 Å². The lowest BCUT2D eigenvalue weighted by Gasteiger charge is -2.17. The Balaban J connectivity index is 1.69. The number of nitrogens with one attached hydrogen (secondary N) is 2. The molecule has 2 heterocycles. The second kappa shape index (κ2) is 7.67. The van der Waals surface area contributed by atoms with Crippen molar-refractivity contribution in [3.8, 4) is 0 Å². The van der Waals surface area contributed by atoms with Gasteiger partial charge < -0.3 is 19.8 Å². The van der Waals surface area contributed by atoms with Crippen molar-refractivity contribution in [2.24, 2.45) is 0 Å². The van der Waals surface area contributed by atoms with E-state index in [1.807, 2.05) is 0 Å². The van der Waals surface area contributed by atoms with Gasteiger partial charge in [-0.05, 0) is 49.6 Å². The molecule has 1 aliphatic rings. The number of anilines is 1. The fraction of sp³-hybridized carbons (Fsp3) is 0.300. The lowest BCUT2D eigenvalue weighted by molar-refractivity contribution is -0.116. The van der Waals surface area contributed by atoms with Gasteiger partial charge in [0.1, 0.15) is 0 Å². The molecule has 0 bridgehead atoms. The molecule has 1 amide bonds. The van der Waals surface area contributed by atoms with Gasteiger partial charge in [-0.1, -0.05) is 0 Å². The molecule has 0 saturated heterocycles. The number of methoxy groups -OCH3 is 1. The Labute approximate surface area is 161 Å². The van der Waals surface area contributed by atoms with Gasteiger partial charge in [0, 0.05) is 17.8 Å². The molecule has 8 heteroatoms. The van der Waals surface area contributed by atoms with Gasteiger partial charge in [0.15, 0.2) is 6.61 Å². The second-order valence-corrected chi connectivity index (χ2v) is 6.54. The van der Waals surface area contributed by atoms with Crippen LogP contribution < -0.4 is 5.32 Å². The SMILES string of the molecule is COC(=O)c1c(C)[nH]c(C(=O)COC(=O)c2ccc3c(c2)CCC(=O)N3)c1C. The molecule has 8 nitrogen and oxygen atoms in total. The number of hydrogen-bond donors (Lipinski definition) is 2. The van der Waals surface area contributed by atoms with E-state index >= 15 is 0 Å². The van der Waals surface area contributed by atoms with Crippen LogP contribution in [0.2, 0.25) is 0 Å². The standard InChI is InChI=1S/C20H20N2O6/c1-10-17(20(26)27-3)11(2)21-18(10)15(23)9-28-19(25)13-4-6-14-12(8-13)5-7-16(24)22-14/h4,6,8,21H,5,7,9H2,1-3H3,(H,22,24). The number of Topliss-reactive ketones (excluding diaryl/α,β-unsaturated/α-hetero) is 1. The van der Waals surface area contributed by atoms with Gasteiger partial charge in [-0.3, -0.25) is 9.59 Å². The average molecular weight is 384 g/mol. The molecule has 1 aliphatic heterocycles. The number of hydrogen-bond acceptors (Lipinski definition) is 6. The van der Waals surface area contributed by atoms with Gasteiger partial charge in [-0.25, -0.2) is 9.59 Å². The Hall–Kier alpha value is -3.42. The molecule has 0 radical (unpaired) electrons. The van der Waals surface area contributed by atoms with Crippen LogP contribution in [0.4, 0.5) is 5.69 Å². The number of aromatic amines is 1. The largest absolute Gasteiger partial charge is 0.465 e. The maximum atomic E-state index is 12.4. The van der Waals surface area contributed by atoms with E-state index in [1.165, 1.54) is 13.2 Å². The van der Waals surface area contributed by atoms with Crippen LogP contribution in [0.5, 0.6) is 0 Å². The molecule has 1 aromatic heterocycles. The number of rotatable bonds is 5. The first kappa shape index (κ1) is 19.3. The summed E-state index contributed by atoms with van der Waals surface area (Å²) >= 11 is 0.